The molecule has 0 aromatic heterocycles. The molecule has 4 N–H and O–H groups in total. The van der Waals surface area contributed by atoms with Crippen LogP contribution in [0.25, 0.3) is 0 Å². The second kappa shape index (κ2) is 3.86. The summed E-state index contributed by atoms with van der Waals surface area (Å²) in [7, 11) is -3.51. The summed E-state index contributed by atoms with van der Waals surface area (Å²) >= 11 is 0. The molecule has 0 aliphatic heterocycles. The molecule has 0 aromatic rings. The maximum absolute atomic E-state index is 10.6. The minimum Gasteiger partial charge on any atom is -0.330 e. The average Bonchev–Trinajstić information content (AvgIpc) is 1.83. The zero-order valence-electron chi connectivity index (χ0n) is 7.25. The van der Waals surface area contributed by atoms with Gasteiger partial charge in [-0.15, -0.1) is 0 Å². The molecule has 0 saturated carbocycles. The first-order valence-corrected chi connectivity index (χ1v) is 4.97. The summed E-state index contributed by atoms with van der Waals surface area (Å²) in [6, 6.07) is 0. The van der Waals surface area contributed by atoms with Gasteiger partial charge in [-0.1, -0.05) is 6.92 Å². The first kappa shape index (κ1) is 12.8. The molecule has 0 spiro atoms. The van der Waals surface area contributed by atoms with Gasteiger partial charge >= 0.3 is 6.10 Å². The number of rotatable bonds is 4. The fourth-order valence-electron chi connectivity index (χ4n) is 0.877. The lowest BCUT2D eigenvalue weighted by Gasteiger charge is -2.30. The minimum atomic E-state index is -4.45. The highest BCUT2D eigenvalue weighted by molar-refractivity contribution is 7.86. The minimum absolute atomic E-state index is 0.0984. The Morgan fingerprint density at radius 2 is 1.77 bits per heavy atom. The zero-order valence-corrected chi connectivity index (χ0v) is 8.06. The van der Waals surface area contributed by atoms with E-state index in [1.807, 2.05) is 0 Å². The number of hydrogen-bond acceptors (Lipinski definition) is 6. The Morgan fingerprint density at radius 3 is 1.85 bits per heavy atom. The van der Waals surface area contributed by atoms with E-state index in [9.17, 15) is 8.42 Å². The molecule has 0 radical (unpaired) electrons. The molecule has 80 valence electrons. The van der Waals surface area contributed by atoms with E-state index in [4.69, 9.17) is 19.9 Å². The third-order valence-corrected chi connectivity index (χ3v) is 2.94. The van der Waals surface area contributed by atoms with E-state index in [1.54, 1.807) is 0 Å². The van der Waals surface area contributed by atoms with Gasteiger partial charge < -0.3 is 15.3 Å². The second-order valence-electron chi connectivity index (χ2n) is 2.59. The van der Waals surface area contributed by atoms with Crippen molar-refractivity contribution < 1.29 is 28.3 Å². The summed E-state index contributed by atoms with van der Waals surface area (Å²) in [6.07, 6.45) is -3.37. The van der Waals surface area contributed by atoms with Crippen LogP contribution < -0.4 is 0 Å². The van der Waals surface area contributed by atoms with Crippen molar-refractivity contribution in [2.45, 2.75) is 24.8 Å². The highest BCUT2D eigenvalue weighted by Crippen LogP contribution is 2.14. The highest BCUT2D eigenvalue weighted by Gasteiger charge is 2.37. The van der Waals surface area contributed by atoms with E-state index >= 15 is 0 Å². The first-order valence-electron chi connectivity index (χ1n) is 3.47. The largest absolute Gasteiger partial charge is 0.346 e. The van der Waals surface area contributed by atoms with E-state index in [0.29, 0.717) is 4.90 Å². The van der Waals surface area contributed by atoms with E-state index in [1.165, 1.54) is 6.92 Å². The predicted octanol–water partition coefficient (Wildman–Crippen LogP) is -1.87. The molecule has 0 fully saturated rings. The third kappa shape index (κ3) is 3.55. The van der Waals surface area contributed by atoms with Crippen molar-refractivity contribution in [3.63, 3.8) is 0 Å². The van der Waals surface area contributed by atoms with Crippen molar-refractivity contribution in [2.24, 2.45) is 0 Å². The molecule has 0 saturated heterocycles. The normalized spacial score (nSPS) is 16.2. The Morgan fingerprint density at radius 1 is 1.38 bits per heavy atom. The van der Waals surface area contributed by atoms with Gasteiger partial charge in [0.2, 0.25) is 0 Å². The molecule has 0 bridgehead atoms. The lowest BCUT2D eigenvalue weighted by molar-refractivity contribution is -0.391. The van der Waals surface area contributed by atoms with Crippen molar-refractivity contribution in [3.05, 3.63) is 0 Å². The number of hydrogen-bond donors (Lipinski definition) is 4. The maximum Gasteiger partial charge on any atom is 0.346 e. The van der Waals surface area contributed by atoms with Crippen molar-refractivity contribution in [1.82, 2.24) is 4.90 Å². The molecule has 0 rings (SSSR count). The number of nitrogens with zero attached hydrogens (tertiary/aromatic N) is 1. The lowest BCUT2D eigenvalue weighted by Crippen LogP contribution is -2.53. The average molecular weight is 215 g/mol. The van der Waals surface area contributed by atoms with Gasteiger partial charge in [0.05, 0.1) is 0 Å². The molecule has 0 aromatic carbocycles. The summed E-state index contributed by atoms with van der Waals surface area (Å²) < 4.78 is 29.9. The van der Waals surface area contributed by atoms with Gasteiger partial charge in [0.25, 0.3) is 10.1 Å². The highest BCUT2D eigenvalue weighted by atomic mass is 32.2. The van der Waals surface area contributed by atoms with Gasteiger partial charge in [-0.2, -0.15) is 8.42 Å². The van der Waals surface area contributed by atoms with Crippen molar-refractivity contribution in [2.75, 3.05) is 7.05 Å². The number of aliphatic hydroxyl groups is 3. The zero-order chi connectivity index (χ0) is 10.9. The fraction of sp³-hybridized carbons (Fsp3) is 1.00. The van der Waals surface area contributed by atoms with Crippen LogP contribution in [0.5, 0.6) is 0 Å². The van der Waals surface area contributed by atoms with Crippen LogP contribution in [-0.2, 0) is 10.1 Å². The Bertz CT molecular complexity index is 255. The van der Waals surface area contributed by atoms with Crippen LogP contribution in [-0.4, -0.2) is 51.7 Å². The molecule has 1 unspecified atom stereocenters. The van der Waals surface area contributed by atoms with E-state index in [0.717, 1.165) is 7.05 Å². The van der Waals surface area contributed by atoms with Crippen LogP contribution >= 0.6 is 0 Å². The van der Waals surface area contributed by atoms with Gasteiger partial charge in [-0.25, -0.2) is 4.90 Å². The third-order valence-electron chi connectivity index (χ3n) is 1.60. The van der Waals surface area contributed by atoms with Crippen LogP contribution in [0.2, 0.25) is 0 Å². The summed E-state index contributed by atoms with van der Waals surface area (Å²) in [5, 5.41) is 24.3. The van der Waals surface area contributed by atoms with Crippen LogP contribution in [0.4, 0.5) is 0 Å². The second-order valence-corrected chi connectivity index (χ2v) is 4.16. The van der Waals surface area contributed by atoms with Crippen LogP contribution in [0.15, 0.2) is 0 Å². The summed E-state index contributed by atoms with van der Waals surface area (Å²) in [4.78, 5) is 0.322. The fourth-order valence-corrected chi connectivity index (χ4v) is 1.84. The van der Waals surface area contributed by atoms with E-state index in [2.05, 4.69) is 0 Å². The monoisotopic (exact) mass is 215 g/mol. The Kier molecular flexibility index (Phi) is 3.79. The standard InChI is InChI=1S/C5H13NO6S/c1-3-4(13(10,11)12)6(2)5(7,8)9/h4,7-9H,3H2,1-2H3,(H,10,11,12). The van der Waals surface area contributed by atoms with Crippen molar-refractivity contribution in [1.29, 1.82) is 0 Å². The van der Waals surface area contributed by atoms with E-state index < -0.39 is 21.6 Å². The van der Waals surface area contributed by atoms with Crippen LogP contribution in [0.1, 0.15) is 13.3 Å². The molecular weight excluding hydrogens is 202 g/mol. The van der Waals surface area contributed by atoms with Crippen molar-refractivity contribution in [3.8, 4) is 0 Å². The van der Waals surface area contributed by atoms with Gasteiger partial charge in [0, 0.05) is 0 Å². The summed E-state index contributed by atoms with van der Waals surface area (Å²) in [6.45, 7) is 1.40. The van der Waals surface area contributed by atoms with Crippen LogP contribution in [0, 0.1) is 0 Å². The van der Waals surface area contributed by atoms with E-state index in [-0.39, 0.29) is 6.42 Å². The SMILES string of the molecule is CCC(N(C)C(O)(O)O)S(=O)(=O)O. The summed E-state index contributed by atoms with van der Waals surface area (Å²) in [5.74, 6) is 0. The summed E-state index contributed by atoms with van der Waals surface area (Å²) in [5.41, 5.74) is 0. The molecule has 13 heavy (non-hydrogen) atoms. The first-order chi connectivity index (χ1) is 5.60. The Labute approximate surface area is 76.0 Å². The lowest BCUT2D eigenvalue weighted by atomic mass is 10.4. The Balaban J connectivity index is 4.82. The van der Waals surface area contributed by atoms with Crippen molar-refractivity contribution >= 4 is 10.1 Å². The molecular formula is C5H13NO6S. The molecule has 0 aliphatic rings. The molecule has 1 atom stereocenters. The topological polar surface area (TPSA) is 118 Å². The van der Waals surface area contributed by atoms with Crippen LogP contribution in [0.3, 0.4) is 0 Å². The Hall–Kier alpha value is -0.250. The van der Waals surface area contributed by atoms with Gasteiger partial charge in [-0.05, 0) is 13.5 Å². The smallest absolute Gasteiger partial charge is 0.330 e. The molecule has 0 aliphatic carbocycles. The molecule has 0 heterocycles. The molecule has 8 heteroatoms. The molecule has 7 nitrogen and oxygen atoms in total. The van der Waals surface area contributed by atoms with Gasteiger partial charge in [0.15, 0.2) is 0 Å². The predicted molar refractivity (Wildman–Crippen MR) is 42.8 cm³/mol. The maximum atomic E-state index is 10.6. The molecule has 0 amide bonds. The van der Waals surface area contributed by atoms with Gasteiger partial charge in [-0.3, -0.25) is 4.55 Å². The quantitative estimate of drug-likeness (QED) is 0.320. The van der Waals surface area contributed by atoms with Gasteiger partial charge in [0.1, 0.15) is 5.37 Å².